The van der Waals surface area contributed by atoms with Crippen molar-refractivity contribution in [2.45, 2.75) is 48.5 Å². The number of carboxylic acid groups (broad SMARTS) is 1. The molecule has 15 nitrogen and oxygen atoms in total. The van der Waals surface area contributed by atoms with Gasteiger partial charge in [-0.3, -0.25) is 19.3 Å². The Hall–Kier alpha value is -4.03. The summed E-state index contributed by atoms with van der Waals surface area (Å²) >= 11 is 3.69. The fourth-order valence-electron chi connectivity index (χ4n) is 4.39. The monoisotopic (exact) mass is 631 g/mol. The predicted octanol–water partition coefficient (Wildman–Crippen LogP) is 1.24. The van der Waals surface area contributed by atoms with Gasteiger partial charge in [-0.15, -0.1) is 34.8 Å². The number of tetrazole rings is 1. The summed E-state index contributed by atoms with van der Waals surface area (Å²) in [6, 6.07) is -0.989. The van der Waals surface area contributed by atoms with E-state index in [0.717, 1.165) is 30.6 Å². The Morgan fingerprint density at radius 3 is 2.98 bits per heavy atom. The molecule has 0 aromatic carbocycles. The Morgan fingerprint density at radius 2 is 2.24 bits per heavy atom. The van der Waals surface area contributed by atoms with Gasteiger partial charge >= 0.3 is 5.97 Å². The summed E-state index contributed by atoms with van der Waals surface area (Å²) in [6.07, 6.45) is 8.21. The van der Waals surface area contributed by atoms with Crippen LogP contribution < -0.4 is 10.6 Å². The van der Waals surface area contributed by atoms with Gasteiger partial charge in [0, 0.05) is 16.9 Å². The van der Waals surface area contributed by atoms with Gasteiger partial charge in [0.2, 0.25) is 11.6 Å². The molecule has 1 aliphatic carbocycles. The Kier molecular flexibility index (Phi) is 9.33. The molecule has 3 N–H and O–H groups in total. The first-order valence-corrected chi connectivity index (χ1v) is 15.6. The topological polar surface area (TPSA) is 194 Å². The van der Waals surface area contributed by atoms with Crippen molar-refractivity contribution in [3.05, 3.63) is 47.2 Å². The SMILES string of the molecule is C=CCn1nnnc1SCC1=C(C(=O)O)N2C(=O)C(NC(=O)C(=NOC3C=CCCC3)c3csc(NC=O)n3)[C@H]2SC1. The first-order chi connectivity index (χ1) is 20.4. The third-order valence-corrected chi connectivity index (χ3v) is 9.50. The highest BCUT2D eigenvalue weighted by Crippen LogP contribution is 2.41. The zero-order valence-electron chi connectivity index (χ0n) is 21.9. The fraction of sp³-hybridized carbons (Fsp3) is 0.375. The van der Waals surface area contributed by atoms with E-state index in [1.807, 2.05) is 12.2 Å². The molecule has 1 saturated heterocycles. The van der Waals surface area contributed by atoms with Gasteiger partial charge in [-0.1, -0.05) is 29.1 Å². The Bertz CT molecular complexity index is 1490. The molecule has 0 radical (unpaired) electrons. The lowest BCUT2D eigenvalue weighted by Gasteiger charge is -2.49. The minimum absolute atomic E-state index is 0.116. The first kappa shape index (κ1) is 29.5. The summed E-state index contributed by atoms with van der Waals surface area (Å²) in [5.74, 6) is -1.94. The molecule has 2 aromatic rings. The lowest BCUT2D eigenvalue weighted by Crippen LogP contribution is -2.71. The molecule has 5 rings (SSSR count). The number of amides is 3. The number of rotatable bonds is 13. The minimum Gasteiger partial charge on any atom is -0.477 e. The number of nitrogens with zero attached hydrogens (tertiary/aromatic N) is 7. The highest BCUT2D eigenvalue weighted by atomic mass is 32.2. The van der Waals surface area contributed by atoms with Crippen LogP contribution in [-0.2, 0) is 30.6 Å². The van der Waals surface area contributed by atoms with E-state index in [1.54, 1.807) is 6.08 Å². The summed E-state index contributed by atoms with van der Waals surface area (Å²) in [6.45, 7) is 4.06. The lowest BCUT2D eigenvalue weighted by atomic mass is 10.0. The molecular weight excluding hydrogens is 607 g/mol. The summed E-state index contributed by atoms with van der Waals surface area (Å²) in [5, 5.41) is 32.3. The predicted molar refractivity (Wildman–Crippen MR) is 155 cm³/mol. The zero-order chi connectivity index (χ0) is 29.6. The first-order valence-electron chi connectivity index (χ1n) is 12.7. The number of aromatic nitrogens is 5. The molecule has 0 spiro atoms. The maximum absolute atomic E-state index is 13.4. The number of carbonyl (C=O) groups excluding carboxylic acids is 3. The largest absolute Gasteiger partial charge is 0.477 e. The van der Waals surface area contributed by atoms with Crippen molar-refractivity contribution >= 4 is 69.9 Å². The number of hydrogen-bond donors (Lipinski definition) is 3. The molecule has 1 fully saturated rings. The molecule has 0 saturated carbocycles. The standard InChI is InChI=1S/C24H25N9O6S3/c1-2-8-32-24(28-30-31-32)42-10-13-9-40-21-17(20(36)33(21)18(13)22(37)38)27-19(35)16(15-11-41-23(26-15)25-12-34)29-39-14-6-4-3-5-7-14/h2,4,6,11-12,14,17,21H,1,3,5,7-10H2,(H,27,35)(H,37,38)(H,25,26,34)/t14?,17?,21-/m1/s1. The molecule has 2 aliphatic heterocycles. The summed E-state index contributed by atoms with van der Waals surface area (Å²) in [5.41, 5.74) is 0.411. The fourth-order valence-corrected chi connectivity index (χ4v) is 7.41. The molecule has 0 bridgehead atoms. The number of carbonyl (C=O) groups is 4. The van der Waals surface area contributed by atoms with Crippen molar-refractivity contribution < 1.29 is 29.1 Å². The van der Waals surface area contributed by atoms with Crippen molar-refractivity contribution in [3.63, 3.8) is 0 Å². The summed E-state index contributed by atoms with van der Waals surface area (Å²) < 4.78 is 1.53. The number of aliphatic carboxylic acids is 1. The number of hydrogen-bond acceptors (Lipinski definition) is 13. The number of fused-ring (bicyclic) bond motifs is 1. The quantitative estimate of drug-likeness (QED) is 0.0716. The number of β-lactam (4-membered cyclic amide) rings is 1. The van der Waals surface area contributed by atoms with Crippen molar-refractivity contribution in [1.82, 2.24) is 35.4 Å². The number of thiazole rings is 1. The average Bonchev–Trinajstić information content (AvgIpc) is 3.64. The molecule has 3 amide bonds. The van der Waals surface area contributed by atoms with Crippen LogP contribution >= 0.6 is 34.9 Å². The number of oxime groups is 1. The van der Waals surface area contributed by atoms with Crippen LogP contribution in [0.1, 0.15) is 25.0 Å². The Morgan fingerprint density at radius 1 is 1.38 bits per heavy atom. The van der Waals surface area contributed by atoms with E-state index < -0.39 is 29.2 Å². The van der Waals surface area contributed by atoms with Crippen LogP contribution in [0.3, 0.4) is 0 Å². The second-order valence-corrected chi connectivity index (χ2v) is 12.0. The number of anilines is 1. The Labute approximate surface area is 251 Å². The van der Waals surface area contributed by atoms with Crippen LogP contribution in [0.5, 0.6) is 0 Å². The van der Waals surface area contributed by atoms with Gasteiger partial charge in [-0.05, 0) is 41.3 Å². The molecule has 42 heavy (non-hydrogen) atoms. The number of nitrogens with one attached hydrogen (secondary N) is 2. The van der Waals surface area contributed by atoms with E-state index >= 15 is 0 Å². The van der Waals surface area contributed by atoms with E-state index in [-0.39, 0.29) is 34.1 Å². The summed E-state index contributed by atoms with van der Waals surface area (Å²) in [7, 11) is 0. The maximum Gasteiger partial charge on any atom is 0.352 e. The van der Waals surface area contributed by atoms with Crippen molar-refractivity contribution in [2.24, 2.45) is 5.16 Å². The molecule has 4 heterocycles. The van der Waals surface area contributed by atoms with Gasteiger partial charge in [0.05, 0.1) is 6.54 Å². The third kappa shape index (κ3) is 6.24. The third-order valence-electron chi connectivity index (χ3n) is 6.35. The van der Waals surface area contributed by atoms with Gasteiger partial charge in [-0.25, -0.2) is 14.5 Å². The number of thioether (sulfide) groups is 2. The highest BCUT2D eigenvalue weighted by Gasteiger charge is 2.54. The van der Waals surface area contributed by atoms with E-state index in [4.69, 9.17) is 4.84 Å². The number of carboxylic acids is 1. The second kappa shape index (κ2) is 13.3. The second-order valence-electron chi connectivity index (χ2n) is 9.08. The molecule has 2 unspecified atom stereocenters. The molecular formula is C24H25N9O6S3. The smallest absolute Gasteiger partial charge is 0.352 e. The van der Waals surface area contributed by atoms with E-state index in [1.165, 1.54) is 38.5 Å². The molecule has 220 valence electrons. The normalized spacial score (nSPS) is 21.8. The van der Waals surface area contributed by atoms with Crippen LogP contribution in [-0.4, -0.2) is 94.1 Å². The molecule has 18 heteroatoms. The van der Waals surface area contributed by atoms with Gasteiger partial charge < -0.3 is 20.6 Å². The zero-order valence-corrected chi connectivity index (χ0v) is 24.4. The molecule has 2 aromatic heterocycles. The average molecular weight is 632 g/mol. The Balaban J connectivity index is 1.31. The van der Waals surface area contributed by atoms with E-state index in [9.17, 15) is 24.3 Å². The lowest BCUT2D eigenvalue weighted by molar-refractivity contribution is -0.150. The molecule has 3 aliphatic rings. The van der Waals surface area contributed by atoms with E-state index in [2.05, 4.69) is 42.9 Å². The van der Waals surface area contributed by atoms with Gasteiger partial charge in [0.1, 0.15) is 28.9 Å². The van der Waals surface area contributed by atoms with Gasteiger partial charge in [-0.2, -0.15) is 0 Å². The van der Waals surface area contributed by atoms with Gasteiger partial charge in [0.25, 0.3) is 11.8 Å². The highest BCUT2D eigenvalue weighted by molar-refractivity contribution is 8.01. The van der Waals surface area contributed by atoms with E-state index in [0.29, 0.717) is 29.4 Å². The van der Waals surface area contributed by atoms with Crippen LogP contribution in [0.2, 0.25) is 0 Å². The van der Waals surface area contributed by atoms with Crippen LogP contribution in [0, 0.1) is 0 Å². The van der Waals surface area contributed by atoms with Gasteiger partial charge in [0.15, 0.2) is 10.8 Å². The van der Waals surface area contributed by atoms with Crippen molar-refractivity contribution in [1.29, 1.82) is 0 Å². The van der Waals surface area contributed by atoms with Crippen LogP contribution in [0.4, 0.5) is 5.13 Å². The van der Waals surface area contributed by atoms with Crippen molar-refractivity contribution in [3.8, 4) is 0 Å². The van der Waals surface area contributed by atoms with Crippen molar-refractivity contribution in [2.75, 3.05) is 16.8 Å². The number of allylic oxidation sites excluding steroid dienone is 2. The minimum atomic E-state index is -1.24. The maximum atomic E-state index is 13.4. The van der Waals surface area contributed by atoms with Crippen LogP contribution in [0.25, 0.3) is 0 Å². The molecule has 3 atom stereocenters. The van der Waals surface area contributed by atoms with Crippen LogP contribution in [0.15, 0.2) is 51.8 Å². The summed E-state index contributed by atoms with van der Waals surface area (Å²) in [4.78, 5) is 60.7.